The minimum atomic E-state index is -2.62. The van der Waals surface area contributed by atoms with Crippen LogP contribution in [0.15, 0.2) is 47.6 Å². The molecule has 28 heavy (non-hydrogen) atoms. The quantitative estimate of drug-likeness (QED) is 0.715. The summed E-state index contributed by atoms with van der Waals surface area (Å²) in [6.45, 7) is 3.39. The molecule has 2 aromatic rings. The van der Waals surface area contributed by atoms with Crippen molar-refractivity contribution >= 4 is 17.7 Å². The molecule has 0 spiro atoms. The molecule has 2 heterocycles. The number of hydrogen-bond donors (Lipinski definition) is 0. The Labute approximate surface area is 167 Å². The first-order chi connectivity index (χ1) is 13.6. The Morgan fingerprint density at radius 1 is 1.18 bits per heavy atom. The number of nitriles is 1. The second-order valence-electron chi connectivity index (χ2n) is 6.47. The molecule has 146 valence electrons. The molecule has 0 unspecified atom stereocenters. The fourth-order valence-corrected chi connectivity index (χ4v) is 3.75. The summed E-state index contributed by atoms with van der Waals surface area (Å²) in [6, 6.07) is 12.7. The van der Waals surface area contributed by atoms with Gasteiger partial charge in [-0.1, -0.05) is 12.1 Å². The highest BCUT2D eigenvalue weighted by Crippen LogP contribution is 2.27. The lowest BCUT2D eigenvalue weighted by atomic mass is 10.1. The molecular formula is C20H20F2N4OS. The van der Waals surface area contributed by atoms with Gasteiger partial charge in [0, 0.05) is 38.9 Å². The van der Waals surface area contributed by atoms with Crippen LogP contribution in [-0.2, 0) is 6.54 Å². The highest BCUT2D eigenvalue weighted by Gasteiger charge is 2.24. The Hall–Kier alpha value is -2.50. The van der Waals surface area contributed by atoms with Crippen molar-refractivity contribution in [1.29, 1.82) is 5.26 Å². The molecule has 0 N–H and O–H groups in total. The fourth-order valence-electron chi connectivity index (χ4n) is 3.18. The lowest BCUT2D eigenvalue weighted by Crippen LogP contribution is -2.35. The first-order valence-corrected chi connectivity index (χ1v) is 9.85. The Bertz CT molecular complexity index is 854. The molecule has 5 nitrogen and oxygen atoms in total. The predicted octanol–water partition coefficient (Wildman–Crippen LogP) is 3.62. The molecule has 8 heteroatoms. The molecular weight excluding hydrogens is 382 g/mol. The summed E-state index contributed by atoms with van der Waals surface area (Å²) in [5.74, 6) is -2.87. The van der Waals surface area contributed by atoms with Crippen LogP contribution in [0, 0.1) is 11.3 Å². The number of aromatic nitrogens is 1. The second-order valence-corrected chi connectivity index (χ2v) is 7.44. The first-order valence-electron chi connectivity index (χ1n) is 8.97. The highest BCUT2D eigenvalue weighted by atomic mass is 32.2. The number of thioether (sulfide) groups is 1. The molecule has 1 aromatic carbocycles. The highest BCUT2D eigenvalue weighted by molar-refractivity contribution is 7.99. The van der Waals surface area contributed by atoms with Crippen molar-refractivity contribution in [3.63, 3.8) is 0 Å². The van der Waals surface area contributed by atoms with Crippen molar-refractivity contribution in [3.8, 4) is 6.07 Å². The topological polar surface area (TPSA) is 60.2 Å². The van der Waals surface area contributed by atoms with Gasteiger partial charge in [0.25, 0.3) is 11.7 Å². The number of carbonyl (C=O) groups is 1. The van der Waals surface area contributed by atoms with E-state index in [0.29, 0.717) is 37.0 Å². The van der Waals surface area contributed by atoms with E-state index in [1.807, 2.05) is 12.1 Å². The molecule has 0 saturated carbocycles. The van der Waals surface area contributed by atoms with Gasteiger partial charge in [0.05, 0.1) is 17.2 Å². The summed E-state index contributed by atoms with van der Waals surface area (Å²) in [7, 11) is 0. The van der Waals surface area contributed by atoms with Gasteiger partial charge in [0.1, 0.15) is 5.03 Å². The van der Waals surface area contributed by atoms with Gasteiger partial charge in [-0.15, -0.1) is 0 Å². The molecule has 3 rings (SSSR count). The van der Waals surface area contributed by atoms with Crippen LogP contribution in [0.2, 0.25) is 0 Å². The average Bonchev–Trinajstić information content (AvgIpc) is 2.94. The van der Waals surface area contributed by atoms with Gasteiger partial charge >= 0.3 is 0 Å². The van der Waals surface area contributed by atoms with Gasteiger partial charge in [-0.05, 0) is 48.0 Å². The van der Waals surface area contributed by atoms with Crippen molar-refractivity contribution in [3.05, 3.63) is 59.3 Å². The SMILES string of the molecule is N#Cc1ccc(CN2CCCN(C(=O)c3cccnc3SC(F)F)CC2)cc1. The van der Waals surface area contributed by atoms with Crippen LogP contribution in [0.5, 0.6) is 0 Å². The summed E-state index contributed by atoms with van der Waals surface area (Å²) >= 11 is 0.303. The normalized spacial score (nSPS) is 15.3. The maximum atomic E-state index is 12.9. The third-order valence-corrected chi connectivity index (χ3v) is 5.29. The molecule has 1 aliphatic rings. The van der Waals surface area contributed by atoms with Crippen LogP contribution in [-0.4, -0.2) is 52.6 Å². The van der Waals surface area contributed by atoms with Crippen LogP contribution in [0.25, 0.3) is 0 Å². The van der Waals surface area contributed by atoms with E-state index in [9.17, 15) is 13.6 Å². The van der Waals surface area contributed by atoms with Crippen LogP contribution in [0.4, 0.5) is 8.78 Å². The Morgan fingerprint density at radius 3 is 2.68 bits per heavy atom. The average molecular weight is 402 g/mol. The van der Waals surface area contributed by atoms with E-state index in [2.05, 4.69) is 16.0 Å². The number of halogens is 2. The van der Waals surface area contributed by atoms with Crippen molar-refractivity contribution in [1.82, 2.24) is 14.8 Å². The molecule has 1 aromatic heterocycles. The summed E-state index contributed by atoms with van der Waals surface area (Å²) in [5, 5.41) is 8.96. The Balaban J connectivity index is 1.63. The molecule has 1 amide bonds. The molecule has 1 fully saturated rings. The maximum Gasteiger partial charge on any atom is 0.290 e. The summed E-state index contributed by atoms with van der Waals surface area (Å²) in [5.41, 5.74) is 1.97. The van der Waals surface area contributed by atoms with Gasteiger partial charge in [-0.2, -0.15) is 14.0 Å². The van der Waals surface area contributed by atoms with E-state index in [1.165, 1.54) is 6.20 Å². The van der Waals surface area contributed by atoms with Crippen molar-refractivity contribution in [2.75, 3.05) is 26.2 Å². The zero-order chi connectivity index (χ0) is 19.9. The van der Waals surface area contributed by atoms with E-state index >= 15 is 0 Å². The van der Waals surface area contributed by atoms with E-state index < -0.39 is 5.76 Å². The van der Waals surface area contributed by atoms with Crippen LogP contribution >= 0.6 is 11.8 Å². The standard InChI is InChI=1S/C20H20F2N4OS/c21-20(22)28-18-17(3-1-8-24-18)19(27)26-10-2-9-25(11-12-26)14-16-6-4-15(13-23)5-7-16/h1,3-8,20H,2,9-12,14H2. The Kier molecular flexibility index (Phi) is 6.95. The van der Waals surface area contributed by atoms with Gasteiger partial charge in [-0.25, -0.2) is 4.98 Å². The number of hydrogen-bond acceptors (Lipinski definition) is 5. The van der Waals surface area contributed by atoms with Crippen molar-refractivity contribution in [2.24, 2.45) is 0 Å². The second kappa shape index (κ2) is 9.62. The third-order valence-electron chi connectivity index (χ3n) is 4.57. The number of nitrogens with zero attached hydrogens (tertiary/aromatic N) is 4. The number of carbonyl (C=O) groups excluding carboxylic acids is 1. The Morgan fingerprint density at radius 2 is 1.96 bits per heavy atom. The van der Waals surface area contributed by atoms with Crippen molar-refractivity contribution in [2.45, 2.75) is 23.7 Å². The maximum absolute atomic E-state index is 12.9. The van der Waals surface area contributed by atoms with Crippen molar-refractivity contribution < 1.29 is 13.6 Å². The van der Waals surface area contributed by atoms with Gasteiger partial charge < -0.3 is 4.90 Å². The predicted molar refractivity (Wildman–Crippen MR) is 103 cm³/mol. The first kappa shape index (κ1) is 20.2. The van der Waals surface area contributed by atoms with Crippen LogP contribution < -0.4 is 0 Å². The minimum absolute atomic E-state index is 0.0705. The van der Waals surface area contributed by atoms with E-state index in [1.54, 1.807) is 29.2 Å². The summed E-state index contributed by atoms with van der Waals surface area (Å²) in [6.07, 6.45) is 2.23. The van der Waals surface area contributed by atoms with E-state index in [0.717, 1.165) is 25.1 Å². The summed E-state index contributed by atoms with van der Waals surface area (Å²) < 4.78 is 25.5. The van der Waals surface area contributed by atoms with E-state index in [4.69, 9.17) is 5.26 Å². The minimum Gasteiger partial charge on any atom is -0.337 e. The molecule has 0 atom stereocenters. The monoisotopic (exact) mass is 402 g/mol. The van der Waals surface area contributed by atoms with E-state index in [-0.39, 0.29) is 16.5 Å². The molecule has 1 saturated heterocycles. The lowest BCUT2D eigenvalue weighted by molar-refractivity contribution is 0.0756. The number of rotatable bonds is 5. The zero-order valence-electron chi connectivity index (χ0n) is 15.2. The number of benzene rings is 1. The zero-order valence-corrected chi connectivity index (χ0v) is 16.0. The molecule has 1 aliphatic heterocycles. The molecule has 0 radical (unpaired) electrons. The summed E-state index contributed by atoms with van der Waals surface area (Å²) in [4.78, 5) is 20.8. The smallest absolute Gasteiger partial charge is 0.290 e. The fraction of sp³-hybridized carbons (Fsp3) is 0.350. The van der Waals surface area contributed by atoms with Crippen LogP contribution in [0.3, 0.4) is 0 Å². The molecule has 0 aliphatic carbocycles. The van der Waals surface area contributed by atoms with Gasteiger partial charge in [0.15, 0.2) is 0 Å². The third kappa shape index (κ3) is 5.27. The number of alkyl halides is 2. The van der Waals surface area contributed by atoms with Crippen LogP contribution in [0.1, 0.15) is 27.9 Å². The number of amides is 1. The number of pyridine rings is 1. The lowest BCUT2D eigenvalue weighted by Gasteiger charge is -2.22. The largest absolute Gasteiger partial charge is 0.337 e. The van der Waals surface area contributed by atoms with Gasteiger partial charge in [0.2, 0.25) is 0 Å². The molecule has 0 bridgehead atoms. The van der Waals surface area contributed by atoms with Gasteiger partial charge in [-0.3, -0.25) is 9.69 Å².